The van der Waals surface area contributed by atoms with Crippen LogP contribution in [-0.4, -0.2) is 48.9 Å². The molecule has 0 unspecified atom stereocenters. The normalized spacial score (nSPS) is 24.9. The van der Waals surface area contributed by atoms with Crippen molar-refractivity contribution in [3.8, 4) is 0 Å². The van der Waals surface area contributed by atoms with E-state index < -0.39 is 8.07 Å². The second kappa shape index (κ2) is 21.6. The highest BCUT2D eigenvalue weighted by atomic mass is 28.3. The van der Waals surface area contributed by atoms with Gasteiger partial charge in [-0.15, -0.1) is 0 Å². The summed E-state index contributed by atoms with van der Waals surface area (Å²) in [5.41, 5.74) is 12.3. The SMILES string of the molecule is C1CCC(c2n[nH]c(C3CCCCC3)c2[Si](c2c(C3CCCCC3)n[nH]c2C2CCCCC2)(c2c(C3CCCCC3)n[nH]c2C2CCCCC2)c2c(C3CCCCC3)n[nH]c2C2CCCCC2)CC1. The van der Waals surface area contributed by atoms with E-state index in [1.165, 1.54) is 280 Å². The fraction of sp³-hybridized carbons (Fsp3) is 0.800. The van der Waals surface area contributed by atoms with Crippen LogP contribution in [-0.2, 0) is 0 Å². The summed E-state index contributed by atoms with van der Waals surface area (Å²) in [4.78, 5) is 0. The standard InChI is InChI=1S/C60H92N8Si/c1-9-25-41(26-10-1)49-57(50(62-61-49)42-27-11-2-12-28-42)69(58-51(43-29-13-3-14-30-43)63-64-52(58)44-31-15-4-16-32-44,59-53(45-33-17-5-18-34-45)65-66-54(59)46-35-19-6-20-36-46)60-55(47-37-21-7-22-38-47)67-68-56(60)48-39-23-8-24-40-48/h41-48H,1-40H2,(H,61,62)(H,63,64)(H,65,66)(H,67,68). The molecule has 0 bridgehead atoms. The van der Waals surface area contributed by atoms with E-state index in [-0.39, 0.29) is 0 Å². The fourth-order valence-corrected chi connectivity index (χ4v) is 24.0. The number of aromatic nitrogens is 8. The highest BCUT2D eigenvalue weighted by molar-refractivity contribution is 7.21. The van der Waals surface area contributed by atoms with Gasteiger partial charge in [-0.05, 0) is 123 Å². The Bertz CT molecular complexity index is 1790. The zero-order valence-electron chi connectivity index (χ0n) is 43.2. The van der Waals surface area contributed by atoms with Crippen LogP contribution in [0.4, 0.5) is 0 Å². The Balaban J connectivity index is 1.30. The van der Waals surface area contributed by atoms with E-state index in [4.69, 9.17) is 20.4 Å². The Hall–Kier alpha value is -2.94. The minimum Gasteiger partial charge on any atom is -0.282 e. The van der Waals surface area contributed by atoms with Gasteiger partial charge >= 0.3 is 0 Å². The summed E-state index contributed by atoms with van der Waals surface area (Å²) in [6.07, 6.45) is 52.7. The van der Waals surface area contributed by atoms with E-state index in [1.54, 1.807) is 43.5 Å². The van der Waals surface area contributed by atoms with Crippen LogP contribution in [0.5, 0.6) is 0 Å². The minimum atomic E-state index is -3.49. The summed E-state index contributed by atoms with van der Waals surface area (Å²) in [7, 11) is -3.49. The molecule has 4 heterocycles. The largest absolute Gasteiger partial charge is 0.282 e. The van der Waals surface area contributed by atoms with E-state index in [1.807, 2.05) is 0 Å². The van der Waals surface area contributed by atoms with Gasteiger partial charge < -0.3 is 0 Å². The van der Waals surface area contributed by atoms with E-state index in [0.717, 1.165) is 0 Å². The molecule has 69 heavy (non-hydrogen) atoms. The molecule has 4 N–H and O–H groups in total. The van der Waals surface area contributed by atoms with Gasteiger partial charge in [0.1, 0.15) is 0 Å². The van der Waals surface area contributed by atoms with Gasteiger partial charge in [-0.2, -0.15) is 20.4 Å². The van der Waals surface area contributed by atoms with E-state index in [0.29, 0.717) is 47.3 Å². The Morgan fingerprint density at radius 1 is 0.217 bits per heavy atom. The van der Waals surface area contributed by atoms with E-state index in [2.05, 4.69) is 20.4 Å². The molecule has 0 spiro atoms. The Morgan fingerprint density at radius 3 is 0.551 bits per heavy atom. The Morgan fingerprint density at radius 2 is 0.377 bits per heavy atom. The van der Waals surface area contributed by atoms with Crippen molar-refractivity contribution in [2.45, 2.75) is 304 Å². The molecule has 0 saturated heterocycles. The van der Waals surface area contributed by atoms with Gasteiger partial charge in [0.05, 0.1) is 22.8 Å². The molecule has 8 fully saturated rings. The average molecular weight is 954 g/mol. The van der Waals surface area contributed by atoms with Crippen molar-refractivity contribution in [3.05, 3.63) is 45.6 Å². The maximum Gasteiger partial charge on any atom is 0.196 e. The molecule has 4 aromatic heterocycles. The molecular weight excluding hydrogens is 861 g/mol. The van der Waals surface area contributed by atoms with Gasteiger partial charge in [0.15, 0.2) is 8.07 Å². The zero-order chi connectivity index (χ0) is 46.0. The van der Waals surface area contributed by atoms with E-state index in [9.17, 15) is 0 Å². The number of nitrogens with zero attached hydrogens (tertiary/aromatic N) is 4. The molecule has 8 aliphatic carbocycles. The average Bonchev–Trinajstić information content (AvgIpc) is 4.28. The third-order valence-electron chi connectivity index (χ3n) is 20.8. The molecule has 376 valence electrons. The van der Waals surface area contributed by atoms with Crippen molar-refractivity contribution in [2.75, 3.05) is 0 Å². The lowest BCUT2D eigenvalue weighted by Gasteiger charge is -2.43. The minimum absolute atomic E-state index is 0.490. The summed E-state index contributed by atoms with van der Waals surface area (Å²) in [6.45, 7) is 0. The maximum absolute atomic E-state index is 5.98. The number of hydrogen-bond donors (Lipinski definition) is 4. The molecule has 0 atom stereocenters. The van der Waals surface area contributed by atoms with Crippen LogP contribution in [0.2, 0.25) is 0 Å². The van der Waals surface area contributed by atoms with Gasteiger partial charge in [0.25, 0.3) is 0 Å². The number of nitrogens with one attached hydrogen (secondary N) is 4. The molecule has 8 nitrogen and oxygen atoms in total. The monoisotopic (exact) mass is 953 g/mol. The predicted octanol–water partition coefficient (Wildman–Crippen LogP) is 14.3. The zero-order valence-corrected chi connectivity index (χ0v) is 44.2. The van der Waals surface area contributed by atoms with Crippen LogP contribution >= 0.6 is 0 Å². The predicted molar refractivity (Wildman–Crippen MR) is 285 cm³/mol. The molecule has 12 rings (SSSR count). The second-order valence-electron chi connectivity index (χ2n) is 25.0. The van der Waals surface area contributed by atoms with Gasteiger partial charge in [-0.1, -0.05) is 154 Å². The summed E-state index contributed by atoms with van der Waals surface area (Å²) >= 11 is 0. The van der Waals surface area contributed by atoms with Gasteiger partial charge in [-0.25, -0.2) is 0 Å². The van der Waals surface area contributed by atoms with Crippen LogP contribution < -0.4 is 20.7 Å². The van der Waals surface area contributed by atoms with Gasteiger partial charge in [0.2, 0.25) is 0 Å². The third-order valence-corrected chi connectivity index (χ3v) is 25.9. The number of hydrogen-bond acceptors (Lipinski definition) is 4. The lowest BCUT2D eigenvalue weighted by atomic mass is 9.83. The van der Waals surface area contributed by atoms with Gasteiger partial charge in [0, 0.05) is 70.1 Å². The fourth-order valence-electron chi connectivity index (χ4n) is 17.2. The highest BCUT2D eigenvalue weighted by Crippen LogP contribution is 2.46. The van der Waals surface area contributed by atoms with Crippen molar-refractivity contribution in [1.29, 1.82) is 0 Å². The van der Waals surface area contributed by atoms with Crippen molar-refractivity contribution in [1.82, 2.24) is 40.8 Å². The lowest BCUT2D eigenvalue weighted by Crippen LogP contribution is -2.79. The maximum atomic E-state index is 5.98. The first kappa shape index (κ1) is 47.1. The van der Waals surface area contributed by atoms with Crippen molar-refractivity contribution >= 4 is 28.8 Å². The molecule has 0 amide bonds. The van der Waals surface area contributed by atoms with E-state index >= 15 is 0 Å². The quantitative estimate of drug-likeness (QED) is 0.106. The second-order valence-corrected chi connectivity index (χ2v) is 28.5. The molecule has 0 aromatic carbocycles. The Labute approximate surface area is 417 Å². The summed E-state index contributed by atoms with van der Waals surface area (Å²) in [5, 5.41) is 47.8. The molecule has 9 heteroatoms. The molecular formula is C60H92N8Si. The molecule has 4 aromatic rings. The lowest BCUT2D eigenvalue weighted by molar-refractivity contribution is 0.435. The number of aromatic amines is 4. The van der Waals surface area contributed by atoms with Crippen molar-refractivity contribution in [3.63, 3.8) is 0 Å². The number of rotatable bonds is 12. The summed E-state index contributed by atoms with van der Waals surface area (Å²) in [5.74, 6) is 4.01. The van der Waals surface area contributed by atoms with Gasteiger partial charge in [-0.3, -0.25) is 20.4 Å². The third kappa shape index (κ3) is 9.05. The number of H-pyrrole nitrogens is 4. The summed E-state index contributed by atoms with van der Waals surface area (Å²) < 4.78 is 0. The first-order chi connectivity index (χ1) is 34.3. The van der Waals surface area contributed by atoms with Crippen LogP contribution in [0.3, 0.4) is 0 Å². The topological polar surface area (TPSA) is 115 Å². The molecule has 8 saturated carbocycles. The van der Waals surface area contributed by atoms with Crippen LogP contribution in [0.25, 0.3) is 0 Å². The van der Waals surface area contributed by atoms with Crippen LogP contribution in [0.15, 0.2) is 0 Å². The first-order valence-corrected chi connectivity index (χ1v) is 32.6. The molecule has 0 aliphatic heterocycles. The van der Waals surface area contributed by atoms with Crippen molar-refractivity contribution < 1.29 is 0 Å². The van der Waals surface area contributed by atoms with Crippen LogP contribution in [0.1, 0.15) is 350 Å². The first-order valence-electron chi connectivity index (χ1n) is 30.6. The van der Waals surface area contributed by atoms with Crippen molar-refractivity contribution in [2.24, 2.45) is 0 Å². The smallest absolute Gasteiger partial charge is 0.196 e. The van der Waals surface area contributed by atoms with Crippen LogP contribution in [0, 0.1) is 0 Å². The summed E-state index contributed by atoms with van der Waals surface area (Å²) in [6, 6.07) is 0. The molecule has 8 aliphatic rings. The molecule has 0 radical (unpaired) electrons. The Kier molecular flexibility index (Phi) is 14.8. The highest BCUT2D eigenvalue weighted by Gasteiger charge is 2.59.